The second-order valence-electron chi connectivity index (χ2n) is 12.4. The lowest BCUT2D eigenvalue weighted by atomic mass is 9.84. The molecule has 0 aliphatic rings. The highest BCUT2D eigenvalue weighted by atomic mass is 16.3. The van der Waals surface area contributed by atoms with Gasteiger partial charge in [0.15, 0.2) is 0 Å². The molecule has 0 spiro atoms. The highest BCUT2D eigenvalue weighted by Crippen LogP contribution is 2.47. The smallest absolute Gasteiger partial charge is 0.143 e. The maximum Gasteiger partial charge on any atom is 0.143 e. The summed E-state index contributed by atoms with van der Waals surface area (Å²) < 4.78 is 6.58. The minimum Gasteiger partial charge on any atom is -0.455 e. The van der Waals surface area contributed by atoms with E-state index in [1.165, 1.54) is 70.9 Å². The van der Waals surface area contributed by atoms with Gasteiger partial charge in [0.2, 0.25) is 0 Å². The second-order valence-corrected chi connectivity index (χ2v) is 12.4. The van der Waals surface area contributed by atoms with Crippen molar-refractivity contribution in [2.75, 3.05) is 0 Å². The fourth-order valence-electron chi connectivity index (χ4n) is 7.79. The minimum atomic E-state index is 0.916. The second kappa shape index (κ2) is 10.2. The van der Waals surface area contributed by atoms with Gasteiger partial charge in [-0.15, -0.1) is 0 Å². The van der Waals surface area contributed by atoms with Crippen molar-refractivity contribution in [3.05, 3.63) is 170 Å². The Bertz CT molecular complexity index is 2780. The third kappa shape index (κ3) is 3.90. The molecule has 0 N–H and O–H groups in total. The van der Waals surface area contributed by atoms with Crippen LogP contribution in [0.25, 0.3) is 98.4 Å². The Balaban J connectivity index is 1.28. The van der Waals surface area contributed by atoms with Crippen LogP contribution in [-0.4, -0.2) is 0 Å². The maximum atomic E-state index is 6.58. The third-order valence-corrected chi connectivity index (χ3v) is 9.84. The monoisotopic (exact) mass is 596 g/mol. The first-order valence-electron chi connectivity index (χ1n) is 16.2. The van der Waals surface area contributed by atoms with Gasteiger partial charge in [-0.1, -0.05) is 152 Å². The van der Waals surface area contributed by atoms with Crippen molar-refractivity contribution >= 4 is 65.0 Å². The van der Waals surface area contributed by atoms with E-state index in [-0.39, 0.29) is 0 Å². The lowest BCUT2D eigenvalue weighted by molar-refractivity contribution is 0.670. The molecule has 10 aromatic rings. The molecule has 10 rings (SSSR count). The highest BCUT2D eigenvalue weighted by molar-refractivity contribution is 6.25. The summed E-state index contributed by atoms with van der Waals surface area (Å²) in [5.41, 5.74) is 9.16. The fraction of sp³-hybridized carbons (Fsp3) is 0. The van der Waals surface area contributed by atoms with Crippen LogP contribution in [0.1, 0.15) is 0 Å². The number of fused-ring (bicyclic) bond motifs is 8. The quantitative estimate of drug-likeness (QED) is 0.146. The van der Waals surface area contributed by atoms with Gasteiger partial charge < -0.3 is 4.42 Å². The van der Waals surface area contributed by atoms with E-state index in [0.29, 0.717) is 0 Å². The predicted molar refractivity (Wildman–Crippen MR) is 200 cm³/mol. The average Bonchev–Trinajstić information content (AvgIpc) is 3.53. The summed E-state index contributed by atoms with van der Waals surface area (Å²) in [6.45, 7) is 0. The average molecular weight is 597 g/mol. The van der Waals surface area contributed by atoms with Gasteiger partial charge >= 0.3 is 0 Å². The van der Waals surface area contributed by atoms with E-state index < -0.39 is 0 Å². The lowest BCUT2D eigenvalue weighted by Gasteiger charge is -2.18. The summed E-state index contributed by atoms with van der Waals surface area (Å²) in [5.74, 6) is 0. The van der Waals surface area contributed by atoms with E-state index >= 15 is 0 Å². The Labute approximate surface area is 271 Å². The SMILES string of the molecule is c1ccc(-c2cc3ccc(-c4c5ccccc5c(-c5cccc6c5oc5ccccc56)c5ccccc45)cc3c3ccccc23)cc1. The molecule has 0 fully saturated rings. The van der Waals surface area contributed by atoms with Gasteiger partial charge in [0.05, 0.1) is 0 Å². The van der Waals surface area contributed by atoms with Crippen LogP contribution in [0.5, 0.6) is 0 Å². The fourth-order valence-corrected chi connectivity index (χ4v) is 7.79. The van der Waals surface area contributed by atoms with E-state index in [9.17, 15) is 0 Å². The predicted octanol–water partition coefficient (Wildman–Crippen LogP) is 13.2. The summed E-state index contributed by atoms with van der Waals surface area (Å²) in [7, 11) is 0. The first kappa shape index (κ1) is 26.1. The number of rotatable bonds is 3. The lowest BCUT2D eigenvalue weighted by Crippen LogP contribution is -1.91. The maximum absolute atomic E-state index is 6.58. The molecule has 1 heteroatoms. The van der Waals surface area contributed by atoms with E-state index in [0.717, 1.165) is 27.5 Å². The molecule has 218 valence electrons. The van der Waals surface area contributed by atoms with Gasteiger partial charge in [0, 0.05) is 21.9 Å². The molecule has 1 nitrogen and oxygen atoms in total. The van der Waals surface area contributed by atoms with E-state index in [4.69, 9.17) is 4.42 Å². The zero-order chi connectivity index (χ0) is 30.9. The van der Waals surface area contributed by atoms with Gasteiger partial charge in [0.25, 0.3) is 0 Å². The Morgan fingerprint density at radius 1 is 0.298 bits per heavy atom. The molecule has 0 atom stereocenters. The van der Waals surface area contributed by atoms with E-state index in [2.05, 4.69) is 164 Å². The summed E-state index contributed by atoms with van der Waals surface area (Å²) >= 11 is 0. The van der Waals surface area contributed by atoms with Crippen molar-refractivity contribution in [3.8, 4) is 33.4 Å². The summed E-state index contributed by atoms with van der Waals surface area (Å²) in [6.07, 6.45) is 0. The molecule has 0 aliphatic heterocycles. The zero-order valence-corrected chi connectivity index (χ0v) is 25.6. The molecule has 9 aromatic carbocycles. The van der Waals surface area contributed by atoms with Crippen LogP contribution in [0.2, 0.25) is 0 Å². The summed E-state index contributed by atoms with van der Waals surface area (Å²) in [4.78, 5) is 0. The Morgan fingerprint density at radius 2 is 0.872 bits per heavy atom. The minimum absolute atomic E-state index is 0.916. The van der Waals surface area contributed by atoms with Gasteiger partial charge in [-0.3, -0.25) is 0 Å². The van der Waals surface area contributed by atoms with Crippen molar-refractivity contribution in [3.63, 3.8) is 0 Å². The molecule has 0 aliphatic carbocycles. The van der Waals surface area contributed by atoms with Gasteiger partial charge in [-0.2, -0.15) is 0 Å². The Morgan fingerprint density at radius 3 is 1.60 bits per heavy atom. The molecule has 0 bridgehead atoms. The van der Waals surface area contributed by atoms with E-state index in [1.807, 2.05) is 6.07 Å². The molecule has 0 unspecified atom stereocenters. The van der Waals surface area contributed by atoms with Crippen LogP contribution < -0.4 is 0 Å². The number of furan rings is 1. The van der Waals surface area contributed by atoms with Crippen LogP contribution in [0.15, 0.2) is 174 Å². The normalized spacial score (nSPS) is 11.8. The van der Waals surface area contributed by atoms with Crippen molar-refractivity contribution in [2.24, 2.45) is 0 Å². The third-order valence-electron chi connectivity index (χ3n) is 9.84. The molecule has 1 heterocycles. The van der Waals surface area contributed by atoms with Crippen LogP contribution in [0, 0.1) is 0 Å². The van der Waals surface area contributed by atoms with Crippen LogP contribution in [-0.2, 0) is 0 Å². The molecule has 0 amide bonds. The summed E-state index contributed by atoms with van der Waals surface area (Å²) in [5, 5.41) is 12.3. The van der Waals surface area contributed by atoms with Gasteiger partial charge in [-0.25, -0.2) is 0 Å². The Hall–Kier alpha value is -6.18. The topological polar surface area (TPSA) is 13.1 Å². The number of para-hydroxylation sites is 2. The number of benzene rings is 9. The van der Waals surface area contributed by atoms with Crippen LogP contribution in [0.3, 0.4) is 0 Å². The van der Waals surface area contributed by atoms with Crippen LogP contribution >= 0.6 is 0 Å². The molecular weight excluding hydrogens is 569 g/mol. The molecule has 47 heavy (non-hydrogen) atoms. The first-order valence-corrected chi connectivity index (χ1v) is 16.2. The number of hydrogen-bond acceptors (Lipinski definition) is 1. The van der Waals surface area contributed by atoms with Crippen molar-refractivity contribution in [1.82, 2.24) is 0 Å². The molecule has 0 radical (unpaired) electrons. The van der Waals surface area contributed by atoms with Crippen molar-refractivity contribution in [1.29, 1.82) is 0 Å². The molecular formula is C46H28O. The highest BCUT2D eigenvalue weighted by Gasteiger charge is 2.20. The van der Waals surface area contributed by atoms with Gasteiger partial charge in [-0.05, 0) is 83.5 Å². The molecule has 0 saturated carbocycles. The van der Waals surface area contributed by atoms with Gasteiger partial charge in [0.1, 0.15) is 11.2 Å². The molecule has 1 aromatic heterocycles. The van der Waals surface area contributed by atoms with Crippen molar-refractivity contribution < 1.29 is 4.42 Å². The van der Waals surface area contributed by atoms with E-state index in [1.54, 1.807) is 0 Å². The van der Waals surface area contributed by atoms with Crippen LogP contribution in [0.4, 0.5) is 0 Å². The molecule has 0 saturated heterocycles. The zero-order valence-electron chi connectivity index (χ0n) is 25.6. The van der Waals surface area contributed by atoms with Crippen molar-refractivity contribution in [2.45, 2.75) is 0 Å². The standard InChI is InChI=1S/C46H28O/c1-2-13-29(14-3-1)41-27-30-25-26-31(28-42(30)33-16-5-4-15-32(33)41)44-35-18-6-8-20-37(35)45(38-21-9-7-19-36(38)44)40-23-12-22-39-34-17-10-11-24-43(34)47-46(39)40/h1-28H. The first-order chi connectivity index (χ1) is 23.3. The Kier molecular flexibility index (Phi) is 5.64. The largest absolute Gasteiger partial charge is 0.455 e. The summed E-state index contributed by atoms with van der Waals surface area (Å²) in [6, 6.07) is 61.5. The number of hydrogen-bond donors (Lipinski definition) is 0.